The maximum absolute atomic E-state index is 5.87. The number of nitrogens with one attached hydrogen (secondary N) is 1. The molecule has 26 heavy (non-hydrogen) atoms. The maximum atomic E-state index is 5.87. The van der Waals surface area contributed by atoms with Gasteiger partial charge in [0.1, 0.15) is 11.5 Å². The molecule has 3 aromatic rings. The molecule has 1 aromatic heterocycles. The molecule has 136 valence electrons. The van der Waals surface area contributed by atoms with Crippen LogP contribution in [0.3, 0.4) is 0 Å². The third kappa shape index (κ3) is 4.52. The summed E-state index contributed by atoms with van der Waals surface area (Å²) in [7, 11) is 0. The lowest BCUT2D eigenvalue weighted by molar-refractivity contribution is 0.319. The standard InChI is InChI=1S/C22H26N2O2/c1-4-23-16(2)18-10-12-20(13-11-18)25-15-14-21-17(3)26-22(24-21)19-8-6-5-7-9-19/h5-13,16,23H,4,14-15H2,1-3H3/t16-/m0/s1. The first-order chi connectivity index (χ1) is 12.7. The molecule has 1 atom stereocenters. The Morgan fingerprint density at radius 1 is 1.08 bits per heavy atom. The molecule has 1 heterocycles. The second-order valence-corrected chi connectivity index (χ2v) is 6.33. The summed E-state index contributed by atoms with van der Waals surface area (Å²) in [5.41, 5.74) is 3.20. The number of hydrogen-bond donors (Lipinski definition) is 1. The van der Waals surface area contributed by atoms with E-state index in [1.807, 2.05) is 49.4 Å². The quantitative estimate of drug-likeness (QED) is 0.625. The van der Waals surface area contributed by atoms with Gasteiger partial charge in [0, 0.05) is 18.0 Å². The molecular weight excluding hydrogens is 324 g/mol. The lowest BCUT2D eigenvalue weighted by Crippen LogP contribution is -2.17. The molecule has 0 spiro atoms. The van der Waals surface area contributed by atoms with Gasteiger partial charge in [0.15, 0.2) is 0 Å². The first kappa shape index (κ1) is 18.2. The van der Waals surface area contributed by atoms with Crippen molar-refractivity contribution in [2.24, 2.45) is 0 Å². The molecule has 0 aliphatic heterocycles. The highest BCUT2D eigenvalue weighted by molar-refractivity contribution is 5.53. The van der Waals surface area contributed by atoms with Gasteiger partial charge in [-0.15, -0.1) is 0 Å². The summed E-state index contributed by atoms with van der Waals surface area (Å²) < 4.78 is 11.7. The monoisotopic (exact) mass is 350 g/mol. The zero-order valence-corrected chi connectivity index (χ0v) is 15.7. The van der Waals surface area contributed by atoms with Gasteiger partial charge in [0.2, 0.25) is 5.89 Å². The van der Waals surface area contributed by atoms with Crippen molar-refractivity contribution in [2.45, 2.75) is 33.2 Å². The van der Waals surface area contributed by atoms with Crippen LogP contribution >= 0.6 is 0 Å². The molecule has 0 amide bonds. The lowest BCUT2D eigenvalue weighted by Gasteiger charge is -2.13. The molecule has 0 saturated heterocycles. The number of aromatic nitrogens is 1. The summed E-state index contributed by atoms with van der Waals surface area (Å²) in [6.45, 7) is 7.76. The number of aryl methyl sites for hydroxylation is 1. The number of hydrogen-bond acceptors (Lipinski definition) is 4. The van der Waals surface area contributed by atoms with Crippen LogP contribution in [-0.2, 0) is 6.42 Å². The van der Waals surface area contributed by atoms with E-state index in [1.165, 1.54) is 5.56 Å². The number of ether oxygens (including phenoxy) is 1. The largest absolute Gasteiger partial charge is 0.493 e. The smallest absolute Gasteiger partial charge is 0.226 e. The van der Waals surface area contributed by atoms with Gasteiger partial charge < -0.3 is 14.5 Å². The van der Waals surface area contributed by atoms with Gasteiger partial charge in [-0.3, -0.25) is 0 Å². The zero-order valence-electron chi connectivity index (χ0n) is 15.7. The minimum atomic E-state index is 0.350. The molecule has 3 rings (SSSR count). The molecule has 0 aliphatic rings. The Balaban J connectivity index is 1.56. The molecule has 4 heteroatoms. The number of nitrogens with zero attached hydrogens (tertiary/aromatic N) is 1. The van der Waals surface area contributed by atoms with E-state index >= 15 is 0 Å². The molecule has 4 nitrogen and oxygen atoms in total. The Kier molecular flexibility index (Phi) is 6.08. The minimum Gasteiger partial charge on any atom is -0.493 e. The molecule has 0 aliphatic carbocycles. The third-order valence-electron chi connectivity index (χ3n) is 4.41. The second-order valence-electron chi connectivity index (χ2n) is 6.33. The first-order valence-electron chi connectivity index (χ1n) is 9.15. The van der Waals surface area contributed by atoms with Crippen LogP contribution in [0.4, 0.5) is 0 Å². The van der Waals surface area contributed by atoms with Crippen molar-refractivity contribution >= 4 is 0 Å². The molecule has 2 aromatic carbocycles. The van der Waals surface area contributed by atoms with Gasteiger partial charge in [-0.1, -0.05) is 37.3 Å². The van der Waals surface area contributed by atoms with E-state index in [0.717, 1.165) is 35.7 Å². The molecule has 1 N–H and O–H groups in total. The molecule has 0 radical (unpaired) electrons. The van der Waals surface area contributed by atoms with Gasteiger partial charge in [-0.2, -0.15) is 0 Å². The summed E-state index contributed by atoms with van der Waals surface area (Å²) in [6.07, 6.45) is 0.720. The summed E-state index contributed by atoms with van der Waals surface area (Å²) in [6, 6.07) is 18.6. The fourth-order valence-corrected chi connectivity index (χ4v) is 2.91. The maximum Gasteiger partial charge on any atom is 0.226 e. The van der Waals surface area contributed by atoms with Crippen LogP contribution in [0.5, 0.6) is 5.75 Å². The summed E-state index contributed by atoms with van der Waals surface area (Å²) in [4.78, 5) is 4.61. The number of benzene rings is 2. The highest BCUT2D eigenvalue weighted by Crippen LogP contribution is 2.22. The number of rotatable bonds is 8. The van der Waals surface area contributed by atoms with Crippen molar-refractivity contribution in [3.05, 3.63) is 71.6 Å². The van der Waals surface area contributed by atoms with Crippen molar-refractivity contribution in [1.82, 2.24) is 10.3 Å². The van der Waals surface area contributed by atoms with E-state index in [1.54, 1.807) is 0 Å². The summed E-state index contributed by atoms with van der Waals surface area (Å²) in [5, 5.41) is 3.41. The van der Waals surface area contributed by atoms with E-state index in [9.17, 15) is 0 Å². The fraction of sp³-hybridized carbons (Fsp3) is 0.318. The number of oxazole rings is 1. The normalized spacial score (nSPS) is 12.1. The summed E-state index contributed by atoms with van der Waals surface area (Å²) in [5.74, 6) is 2.39. The Hall–Kier alpha value is -2.59. The Labute approximate surface area is 155 Å². The van der Waals surface area contributed by atoms with Crippen molar-refractivity contribution < 1.29 is 9.15 Å². The van der Waals surface area contributed by atoms with Crippen LogP contribution in [-0.4, -0.2) is 18.1 Å². The van der Waals surface area contributed by atoms with Gasteiger partial charge in [-0.25, -0.2) is 4.98 Å². The van der Waals surface area contributed by atoms with E-state index in [2.05, 4.69) is 36.3 Å². The van der Waals surface area contributed by atoms with Crippen LogP contribution in [0, 0.1) is 6.92 Å². The summed E-state index contributed by atoms with van der Waals surface area (Å²) >= 11 is 0. The van der Waals surface area contributed by atoms with Crippen LogP contribution in [0.2, 0.25) is 0 Å². The zero-order chi connectivity index (χ0) is 18.4. The average Bonchev–Trinajstić information content (AvgIpc) is 3.04. The highest BCUT2D eigenvalue weighted by Gasteiger charge is 2.11. The van der Waals surface area contributed by atoms with Crippen molar-refractivity contribution in [3.63, 3.8) is 0 Å². The van der Waals surface area contributed by atoms with Crippen LogP contribution in [0.1, 0.15) is 36.9 Å². The van der Waals surface area contributed by atoms with Crippen molar-refractivity contribution in [1.29, 1.82) is 0 Å². The van der Waals surface area contributed by atoms with E-state index in [4.69, 9.17) is 9.15 Å². The second kappa shape index (κ2) is 8.68. The van der Waals surface area contributed by atoms with Crippen LogP contribution < -0.4 is 10.1 Å². The third-order valence-corrected chi connectivity index (χ3v) is 4.41. The predicted molar refractivity (Wildman–Crippen MR) is 104 cm³/mol. The topological polar surface area (TPSA) is 47.3 Å². The van der Waals surface area contributed by atoms with E-state index in [0.29, 0.717) is 18.5 Å². The molecular formula is C22H26N2O2. The average molecular weight is 350 g/mol. The molecule has 0 fully saturated rings. The molecule has 0 bridgehead atoms. The van der Waals surface area contributed by atoms with Crippen LogP contribution in [0.15, 0.2) is 59.0 Å². The fourth-order valence-electron chi connectivity index (χ4n) is 2.91. The van der Waals surface area contributed by atoms with Crippen LogP contribution in [0.25, 0.3) is 11.5 Å². The Bertz CT molecular complexity index is 810. The van der Waals surface area contributed by atoms with Gasteiger partial charge in [0.25, 0.3) is 0 Å². The SMILES string of the molecule is CCN[C@@H](C)c1ccc(OCCc2nc(-c3ccccc3)oc2C)cc1. The van der Waals surface area contributed by atoms with E-state index < -0.39 is 0 Å². The first-order valence-corrected chi connectivity index (χ1v) is 9.15. The molecule has 0 saturated carbocycles. The lowest BCUT2D eigenvalue weighted by atomic mass is 10.1. The minimum absolute atomic E-state index is 0.350. The van der Waals surface area contributed by atoms with Gasteiger partial charge in [-0.05, 0) is 50.2 Å². The Morgan fingerprint density at radius 2 is 1.81 bits per heavy atom. The van der Waals surface area contributed by atoms with Crippen molar-refractivity contribution in [3.8, 4) is 17.2 Å². The predicted octanol–water partition coefficient (Wildman–Crippen LogP) is 4.94. The van der Waals surface area contributed by atoms with Crippen molar-refractivity contribution in [2.75, 3.05) is 13.2 Å². The highest BCUT2D eigenvalue weighted by atomic mass is 16.5. The molecule has 0 unspecified atom stereocenters. The van der Waals surface area contributed by atoms with E-state index in [-0.39, 0.29) is 0 Å². The Morgan fingerprint density at radius 3 is 2.50 bits per heavy atom. The van der Waals surface area contributed by atoms with Gasteiger partial charge in [0.05, 0.1) is 12.3 Å². The van der Waals surface area contributed by atoms with Gasteiger partial charge >= 0.3 is 0 Å².